The van der Waals surface area contributed by atoms with E-state index in [-0.39, 0.29) is 0 Å². The van der Waals surface area contributed by atoms with Gasteiger partial charge in [0, 0.05) is 12.6 Å². The van der Waals surface area contributed by atoms with E-state index in [1.807, 2.05) is 19.1 Å². The Bertz CT molecular complexity index is 622. The molecule has 6 nitrogen and oxygen atoms in total. The van der Waals surface area contributed by atoms with Crippen molar-refractivity contribution >= 4 is 5.97 Å². The standard InChI is InChI=1S/C20H29NO5/c1-4-26-19-17(24-2)9-13(10-18(19)25-3)12-21-15-8-6-5-7-14(15)11-16(21)20(22)23/h9-10,14-16H,4-8,11-12H2,1-3H3,(H,22,23). The summed E-state index contributed by atoms with van der Waals surface area (Å²) >= 11 is 0. The van der Waals surface area contributed by atoms with Gasteiger partial charge in [0.2, 0.25) is 5.75 Å². The fourth-order valence-electron chi connectivity index (χ4n) is 4.55. The van der Waals surface area contributed by atoms with Crippen LogP contribution in [0.15, 0.2) is 12.1 Å². The summed E-state index contributed by atoms with van der Waals surface area (Å²) in [4.78, 5) is 14.0. The summed E-state index contributed by atoms with van der Waals surface area (Å²) in [5.41, 5.74) is 0.986. The van der Waals surface area contributed by atoms with Gasteiger partial charge in [-0.15, -0.1) is 0 Å². The van der Waals surface area contributed by atoms with E-state index in [4.69, 9.17) is 14.2 Å². The first-order valence-corrected chi connectivity index (χ1v) is 9.45. The fourth-order valence-corrected chi connectivity index (χ4v) is 4.55. The number of carboxylic acid groups (broad SMARTS) is 1. The lowest BCUT2D eigenvalue weighted by Gasteiger charge is -2.33. The van der Waals surface area contributed by atoms with E-state index in [0.29, 0.717) is 42.4 Å². The number of ether oxygens (including phenoxy) is 3. The second-order valence-corrected chi connectivity index (χ2v) is 7.14. The van der Waals surface area contributed by atoms with Crippen LogP contribution in [0.4, 0.5) is 0 Å². The van der Waals surface area contributed by atoms with Crippen LogP contribution < -0.4 is 14.2 Å². The van der Waals surface area contributed by atoms with Gasteiger partial charge in [-0.25, -0.2) is 0 Å². The Morgan fingerprint density at radius 3 is 2.42 bits per heavy atom. The Kier molecular flexibility index (Phi) is 5.91. The summed E-state index contributed by atoms with van der Waals surface area (Å²) in [6, 6.07) is 3.81. The number of rotatable bonds is 7. The second-order valence-electron chi connectivity index (χ2n) is 7.14. The Balaban J connectivity index is 1.89. The van der Waals surface area contributed by atoms with Crippen molar-refractivity contribution in [1.29, 1.82) is 0 Å². The summed E-state index contributed by atoms with van der Waals surface area (Å²) < 4.78 is 16.6. The van der Waals surface area contributed by atoms with E-state index in [1.54, 1.807) is 14.2 Å². The molecule has 0 amide bonds. The van der Waals surface area contributed by atoms with Gasteiger partial charge in [0.25, 0.3) is 0 Å². The summed E-state index contributed by atoms with van der Waals surface area (Å²) in [5.74, 6) is 1.61. The van der Waals surface area contributed by atoms with Gasteiger partial charge in [-0.1, -0.05) is 12.8 Å². The third-order valence-electron chi connectivity index (χ3n) is 5.68. The minimum atomic E-state index is -0.718. The summed E-state index contributed by atoms with van der Waals surface area (Å²) in [6.45, 7) is 3.01. The Hall–Kier alpha value is -1.95. The number of methoxy groups -OCH3 is 2. The molecule has 1 saturated heterocycles. The minimum absolute atomic E-state index is 0.355. The van der Waals surface area contributed by atoms with E-state index < -0.39 is 12.0 Å². The maximum absolute atomic E-state index is 11.8. The second kappa shape index (κ2) is 8.16. The first-order valence-electron chi connectivity index (χ1n) is 9.45. The average molecular weight is 363 g/mol. The fraction of sp³-hybridized carbons (Fsp3) is 0.650. The molecule has 3 atom stereocenters. The molecule has 0 bridgehead atoms. The molecule has 1 aliphatic heterocycles. The topological polar surface area (TPSA) is 68.2 Å². The molecule has 0 aromatic heterocycles. The van der Waals surface area contributed by atoms with Crippen molar-refractivity contribution in [2.45, 2.75) is 57.7 Å². The highest BCUT2D eigenvalue weighted by molar-refractivity contribution is 5.74. The van der Waals surface area contributed by atoms with Crippen LogP contribution in [0.5, 0.6) is 17.2 Å². The van der Waals surface area contributed by atoms with E-state index in [2.05, 4.69) is 4.90 Å². The number of hydrogen-bond donors (Lipinski definition) is 1. The molecular formula is C20H29NO5. The van der Waals surface area contributed by atoms with Crippen LogP contribution in [0, 0.1) is 5.92 Å². The van der Waals surface area contributed by atoms with Crippen LogP contribution in [0.25, 0.3) is 0 Å². The average Bonchev–Trinajstić information content (AvgIpc) is 3.01. The van der Waals surface area contributed by atoms with Crippen LogP contribution in [0.3, 0.4) is 0 Å². The molecule has 144 valence electrons. The smallest absolute Gasteiger partial charge is 0.320 e. The van der Waals surface area contributed by atoms with Crippen molar-refractivity contribution in [1.82, 2.24) is 4.90 Å². The van der Waals surface area contributed by atoms with E-state index >= 15 is 0 Å². The third-order valence-corrected chi connectivity index (χ3v) is 5.68. The third kappa shape index (κ3) is 3.61. The highest BCUT2D eigenvalue weighted by atomic mass is 16.5. The van der Waals surface area contributed by atoms with Crippen molar-refractivity contribution in [3.63, 3.8) is 0 Å². The van der Waals surface area contributed by atoms with Gasteiger partial charge in [-0.2, -0.15) is 0 Å². The molecule has 1 aromatic carbocycles. The number of aliphatic carboxylic acids is 1. The predicted octanol–water partition coefficient (Wildman–Crippen LogP) is 3.32. The van der Waals surface area contributed by atoms with Crippen molar-refractivity contribution in [2.75, 3.05) is 20.8 Å². The largest absolute Gasteiger partial charge is 0.493 e. The molecule has 1 aliphatic carbocycles. The molecule has 2 fully saturated rings. The van der Waals surface area contributed by atoms with Crippen LogP contribution in [-0.2, 0) is 11.3 Å². The lowest BCUT2D eigenvalue weighted by molar-refractivity contribution is -0.142. The van der Waals surface area contributed by atoms with Gasteiger partial charge < -0.3 is 19.3 Å². The Morgan fingerprint density at radius 2 is 1.85 bits per heavy atom. The number of likely N-dealkylation sites (tertiary alicyclic amines) is 1. The maximum atomic E-state index is 11.8. The molecule has 3 rings (SSSR count). The number of hydrogen-bond acceptors (Lipinski definition) is 5. The normalized spacial score (nSPS) is 25.6. The zero-order chi connectivity index (χ0) is 18.7. The number of fused-ring (bicyclic) bond motifs is 1. The van der Waals surface area contributed by atoms with Crippen LogP contribution >= 0.6 is 0 Å². The lowest BCUT2D eigenvalue weighted by Crippen LogP contribution is -2.41. The number of benzene rings is 1. The maximum Gasteiger partial charge on any atom is 0.320 e. The monoisotopic (exact) mass is 363 g/mol. The number of carbonyl (C=O) groups is 1. The molecular weight excluding hydrogens is 334 g/mol. The van der Waals surface area contributed by atoms with Crippen molar-refractivity contribution in [3.05, 3.63) is 17.7 Å². The van der Waals surface area contributed by atoms with Crippen molar-refractivity contribution in [3.8, 4) is 17.2 Å². The first kappa shape index (κ1) is 18.8. The molecule has 26 heavy (non-hydrogen) atoms. The molecule has 1 heterocycles. The van der Waals surface area contributed by atoms with Crippen LogP contribution in [0.2, 0.25) is 0 Å². The molecule has 2 aliphatic rings. The van der Waals surface area contributed by atoms with Gasteiger partial charge >= 0.3 is 5.97 Å². The Labute approximate surface area is 155 Å². The molecule has 1 aromatic rings. The molecule has 3 unspecified atom stereocenters. The van der Waals surface area contributed by atoms with E-state index in [0.717, 1.165) is 24.8 Å². The predicted molar refractivity (Wildman–Crippen MR) is 98.0 cm³/mol. The zero-order valence-corrected chi connectivity index (χ0v) is 15.9. The summed E-state index contributed by atoms with van der Waals surface area (Å²) in [7, 11) is 3.21. The summed E-state index contributed by atoms with van der Waals surface area (Å²) in [6.07, 6.45) is 5.37. The van der Waals surface area contributed by atoms with Gasteiger partial charge in [-0.05, 0) is 49.8 Å². The quantitative estimate of drug-likeness (QED) is 0.801. The zero-order valence-electron chi connectivity index (χ0n) is 15.9. The molecule has 0 spiro atoms. The lowest BCUT2D eigenvalue weighted by atomic mass is 9.84. The molecule has 1 saturated carbocycles. The first-order chi connectivity index (χ1) is 12.6. The molecule has 6 heteroatoms. The van der Waals surface area contributed by atoms with Gasteiger partial charge in [-0.3, -0.25) is 9.69 Å². The van der Waals surface area contributed by atoms with Gasteiger partial charge in [0.1, 0.15) is 6.04 Å². The van der Waals surface area contributed by atoms with E-state index in [9.17, 15) is 9.90 Å². The van der Waals surface area contributed by atoms with Crippen molar-refractivity contribution in [2.24, 2.45) is 5.92 Å². The Morgan fingerprint density at radius 1 is 1.19 bits per heavy atom. The van der Waals surface area contributed by atoms with Crippen LogP contribution in [0.1, 0.15) is 44.6 Å². The highest BCUT2D eigenvalue weighted by Crippen LogP contribution is 2.43. The summed E-state index contributed by atoms with van der Waals surface area (Å²) in [5, 5.41) is 9.71. The minimum Gasteiger partial charge on any atom is -0.493 e. The highest BCUT2D eigenvalue weighted by Gasteiger charge is 2.45. The SMILES string of the molecule is CCOc1c(OC)cc(CN2C(C(=O)O)CC3CCCCC32)cc1OC. The molecule has 1 N–H and O–H groups in total. The molecule has 0 radical (unpaired) electrons. The number of carboxylic acids is 1. The van der Waals surface area contributed by atoms with Crippen LogP contribution in [-0.4, -0.2) is 48.9 Å². The van der Waals surface area contributed by atoms with Crippen molar-refractivity contribution < 1.29 is 24.1 Å². The van der Waals surface area contributed by atoms with E-state index in [1.165, 1.54) is 12.8 Å². The van der Waals surface area contributed by atoms with Gasteiger partial charge in [0.15, 0.2) is 11.5 Å². The number of nitrogens with zero attached hydrogens (tertiary/aromatic N) is 1. The van der Waals surface area contributed by atoms with Gasteiger partial charge in [0.05, 0.1) is 20.8 Å².